The molecule has 7 nitrogen and oxygen atoms in total. The highest BCUT2D eigenvalue weighted by atomic mass is 16.6. The van der Waals surface area contributed by atoms with Crippen molar-refractivity contribution in [1.29, 1.82) is 0 Å². The number of fused-ring (bicyclic) bond motifs is 1. The third kappa shape index (κ3) is 6.38. The number of para-hydroxylation sites is 1. The quantitative estimate of drug-likeness (QED) is 0.648. The minimum absolute atomic E-state index is 0.340. The largest absolute Gasteiger partial charge is 0.480 e. The lowest BCUT2D eigenvalue weighted by molar-refractivity contribution is -0.139. The fourth-order valence-electron chi connectivity index (χ4n) is 2.65. The molecule has 3 N–H and O–H groups in total. The van der Waals surface area contributed by atoms with Crippen molar-refractivity contribution in [3.05, 3.63) is 29.8 Å². The van der Waals surface area contributed by atoms with Crippen LogP contribution in [0.15, 0.2) is 29.3 Å². The molecule has 2 rings (SSSR count). The number of carboxylic acids is 1. The number of nitrogens with zero attached hydrogens (tertiary/aromatic N) is 1. The highest BCUT2D eigenvalue weighted by Crippen LogP contribution is 2.22. The van der Waals surface area contributed by atoms with E-state index in [9.17, 15) is 14.7 Å². The van der Waals surface area contributed by atoms with Gasteiger partial charge in [0.15, 0.2) is 0 Å². The van der Waals surface area contributed by atoms with Gasteiger partial charge in [-0.2, -0.15) is 0 Å². The monoisotopic (exact) mass is 361 g/mol. The number of anilines is 1. The Kier molecular flexibility index (Phi) is 6.60. The topological polar surface area (TPSA) is 100 Å². The lowest BCUT2D eigenvalue weighted by atomic mass is 10.1. The van der Waals surface area contributed by atoms with E-state index in [4.69, 9.17) is 4.74 Å². The van der Waals surface area contributed by atoms with Gasteiger partial charge in [-0.25, -0.2) is 9.59 Å². The van der Waals surface area contributed by atoms with Crippen molar-refractivity contribution in [2.24, 2.45) is 4.99 Å². The zero-order chi connectivity index (χ0) is 19.2. The van der Waals surface area contributed by atoms with Crippen LogP contribution in [-0.2, 0) is 16.0 Å². The first kappa shape index (κ1) is 19.8. The first-order valence-corrected chi connectivity index (χ1v) is 8.85. The minimum atomic E-state index is -1.06. The molecule has 0 saturated carbocycles. The zero-order valence-corrected chi connectivity index (χ0v) is 15.5. The molecule has 7 heteroatoms. The number of unbranched alkanes of at least 4 members (excludes halogenated alkanes) is 1. The fourth-order valence-corrected chi connectivity index (χ4v) is 2.65. The number of carbonyl (C=O) groups excluding carboxylic acids is 1. The van der Waals surface area contributed by atoms with E-state index in [1.54, 1.807) is 20.8 Å². The number of aliphatic imine (C=N–C) groups is 1. The molecule has 0 unspecified atom stereocenters. The summed E-state index contributed by atoms with van der Waals surface area (Å²) in [5.41, 5.74) is 1.67. The van der Waals surface area contributed by atoms with Crippen molar-refractivity contribution >= 4 is 23.6 Å². The number of ether oxygens (including phenoxy) is 1. The third-order valence-corrected chi connectivity index (χ3v) is 3.85. The van der Waals surface area contributed by atoms with Crippen molar-refractivity contribution in [2.45, 2.75) is 58.1 Å². The van der Waals surface area contributed by atoms with Crippen molar-refractivity contribution in [3.8, 4) is 0 Å². The molecule has 1 aromatic rings. The summed E-state index contributed by atoms with van der Waals surface area (Å²) >= 11 is 0. The van der Waals surface area contributed by atoms with Crippen LogP contribution < -0.4 is 10.6 Å². The summed E-state index contributed by atoms with van der Waals surface area (Å²) in [7, 11) is 0. The molecule has 26 heavy (non-hydrogen) atoms. The molecule has 0 aromatic heterocycles. The highest BCUT2D eigenvalue weighted by molar-refractivity contribution is 6.02. The molecular formula is C19H27N3O4. The SMILES string of the molecule is CC(C)(C)OC(=O)N[C@@H](CCCCN=C1Cc2ccccc2N1)C(=O)O. The molecule has 0 bridgehead atoms. The van der Waals surface area contributed by atoms with Crippen LogP contribution in [0, 0.1) is 0 Å². The van der Waals surface area contributed by atoms with Gasteiger partial charge in [0.05, 0.1) is 0 Å². The molecule has 1 aromatic carbocycles. The van der Waals surface area contributed by atoms with E-state index in [1.165, 1.54) is 5.56 Å². The molecule has 142 valence electrons. The number of carbonyl (C=O) groups is 2. The van der Waals surface area contributed by atoms with Gasteiger partial charge in [0.2, 0.25) is 0 Å². The number of rotatable bonds is 7. The van der Waals surface area contributed by atoms with E-state index in [0.717, 1.165) is 24.4 Å². The van der Waals surface area contributed by atoms with Crippen LogP contribution in [-0.4, -0.2) is 41.2 Å². The zero-order valence-electron chi connectivity index (χ0n) is 15.5. The maximum absolute atomic E-state index is 11.7. The number of nitrogens with one attached hydrogen (secondary N) is 2. The predicted octanol–water partition coefficient (Wildman–Crippen LogP) is 3.20. The second kappa shape index (κ2) is 8.69. The van der Waals surface area contributed by atoms with Crippen molar-refractivity contribution in [3.63, 3.8) is 0 Å². The first-order chi connectivity index (χ1) is 12.2. The Hall–Kier alpha value is -2.57. The lowest BCUT2D eigenvalue weighted by Gasteiger charge is -2.21. The second-order valence-corrected chi connectivity index (χ2v) is 7.32. The Labute approximate surface area is 153 Å². The summed E-state index contributed by atoms with van der Waals surface area (Å²) in [6.45, 7) is 5.82. The number of benzene rings is 1. The second-order valence-electron chi connectivity index (χ2n) is 7.32. The van der Waals surface area contributed by atoms with E-state index in [-0.39, 0.29) is 0 Å². The third-order valence-electron chi connectivity index (χ3n) is 3.85. The molecule has 1 aliphatic rings. The normalized spacial score (nSPS) is 15.9. The summed E-state index contributed by atoms with van der Waals surface area (Å²) in [6.07, 6.45) is 1.83. The van der Waals surface area contributed by atoms with Crippen molar-refractivity contribution < 1.29 is 19.4 Å². The average Bonchev–Trinajstić information content (AvgIpc) is 2.94. The van der Waals surface area contributed by atoms with Crippen LogP contribution in [0.2, 0.25) is 0 Å². The van der Waals surface area contributed by atoms with Gasteiger partial charge in [-0.1, -0.05) is 18.2 Å². The van der Waals surface area contributed by atoms with Gasteiger partial charge < -0.3 is 20.5 Å². The maximum atomic E-state index is 11.7. The molecule has 0 saturated heterocycles. The van der Waals surface area contributed by atoms with E-state index >= 15 is 0 Å². The number of amidine groups is 1. The Bertz CT molecular complexity index is 653. The van der Waals surface area contributed by atoms with Crippen molar-refractivity contribution in [2.75, 3.05) is 11.9 Å². The van der Waals surface area contributed by atoms with Gasteiger partial charge in [0.25, 0.3) is 0 Å². The van der Waals surface area contributed by atoms with E-state index in [0.29, 0.717) is 19.4 Å². The Balaban J connectivity index is 1.71. The number of aliphatic carboxylic acids is 1. The molecule has 0 fully saturated rings. The molecule has 1 amide bonds. The van der Waals surface area contributed by atoms with Gasteiger partial charge in [0.1, 0.15) is 17.5 Å². The van der Waals surface area contributed by atoms with Gasteiger partial charge in [-0.15, -0.1) is 0 Å². The molecule has 1 heterocycles. The lowest BCUT2D eigenvalue weighted by Crippen LogP contribution is -2.43. The molecular weight excluding hydrogens is 334 g/mol. The standard InChI is InChI=1S/C19H27N3O4/c1-19(2,3)26-18(25)22-15(17(23)24)10-6-7-11-20-16-12-13-8-4-5-9-14(13)21-16/h4-5,8-9,15H,6-7,10-12H2,1-3H3,(H,20,21)(H,22,25)(H,23,24)/t15-/m0/s1. The van der Waals surface area contributed by atoms with Crippen LogP contribution in [0.4, 0.5) is 10.5 Å². The fraction of sp³-hybridized carbons (Fsp3) is 0.526. The van der Waals surface area contributed by atoms with Gasteiger partial charge in [0, 0.05) is 18.7 Å². The minimum Gasteiger partial charge on any atom is -0.480 e. The van der Waals surface area contributed by atoms with Crippen LogP contribution >= 0.6 is 0 Å². The molecule has 1 atom stereocenters. The Morgan fingerprint density at radius 2 is 2.04 bits per heavy atom. The highest BCUT2D eigenvalue weighted by Gasteiger charge is 2.23. The molecule has 1 aliphatic heterocycles. The summed E-state index contributed by atoms with van der Waals surface area (Å²) < 4.78 is 5.10. The summed E-state index contributed by atoms with van der Waals surface area (Å²) in [4.78, 5) is 27.5. The maximum Gasteiger partial charge on any atom is 0.408 e. The number of hydrogen-bond donors (Lipinski definition) is 3. The van der Waals surface area contributed by atoms with Gasteiger partial charge in [-0.05, 0) is 51.7 Å². The molecule has 0 spiro atoms. The van der Waals surface area contributed by atoms with Crippen molar-refractivity contribution in [1.82, 2.24) is 5.32 Å². The van der Waals surface area contributed by atoms with Gasteiger partial charge in [-0.3, -0.25) is 4.99 Å². The number of hydrogen-bond acceptors (Lipinski definition) is 4. The van der Waals surface area contributed by atoms with Crippen LogP contribution in [0.3, 0.4) is 0 Å². The van der Waals surface area contributed by atoms with Crippen LogP contribution in [0.25, 0.3) is 0 Å². The summed E-state index contributed by atoms with van der Waals surface area (Å²) in [6, 6.07) is 7.14. The van der Waals surface area contributed by atoms with E-state index in [1.807, 2.05) is 18.2 Å². The number of amides is 1. The van der Waals surface area contributed by atoms with E-state index < -0.39 is 23.7 Å². The van der Waals surface area contributed by atoms with Gasteiger partial charge >= 0.3 is 12.1 Å². The van der Waals surface area contributed by atoms with Crippen LogP contribution in [0.1, 0.15) is 45.6 Å². The average molecular weight is 361 g/mol. The summed E-state index contributed by atoms with van der Waals surface area (Å²) in [5, 5.41) is 14.9. The predicted molar refractivity (Wildman–Crippen MR) is 101 cm³/mol. The first-order valence-electron chi connectivity index (χ1n) is 8.85. The van der Waals surface area contributed by atoms with E-state index in [2.05, 4.69) is 21.7 Å². The number of carboxylic acid groups (broad SMARTS) is 1. The smallest absolute Gasteiger partial charge is 0.408 e. The molecule has 0 aliphatic carbocycles. The molecule has 0 radical (unpaired) electrons. The Morgan fingerprint density at radius 1 is 1.31 bits per heavy atom. The summed E-state index contributed by atoms with van der Waals surface area (Å²) in [5.74, 6) is -0.122. The van der Waals surface area contributed by atoms with Crippen LogP contribution in [0.5, 0.6) is 0 Å². The number of alkyl carbamates (subject to hydrolysis) is 1. The Morgan fingerprint density at radius 3 is 2.69 bits per heavy atom.